The molecule has 0 amide bonds. The number of aryl methyl sites for hydroxylation is 1. The van der Waals surface area contributed by atoms with Crippen molar-refractivity contribution in [2.24, 2.45) is 0 Å². The molecule has 0 bridgehead atoms. The fourth-order valence-electron chi connectivity index (χ4n) is 2.92. The fraction of sp³-hybridized carbons (Fsp3) is 0.273. The number of ether oxygens (including phenoxy) is 1. The van der Waals surface area contributed by atoms with Crippen molar-refractivity contribution in [3.8, 4) is 5.75 Å². The lowest BCUT2D eigenvalue weighted by Crippen LogP contribution is -2.09. The van der Waals surface area contributed by atoms with Crippen LogP contribution in [0.2, 0.25) is 0 Å². The largest absolute Gasteiger partial charge is 0.496 e. The van der Waals surface area contributed by atoms with Gasteiger partial charge in [0.05, 0.1) is 7.11 Å². The molecule has 6 heteroatoms. The average molecular weight is 377 g/mol. The van der Waals surface area contributed by atoms with E-state index in [1.54, 1.807) is 7.11 Å². The Balaban J connectivity index is 1.64. The summed E-state index contributed by atoms with van der Waals surface area (Å²) in [5, 5.41) is 6.66. The van der Waals surface area contributed by atoms with E-state index in [9.17, 15) is 0 Å². The molecule has 0 spiro atoms. The monoisotopic (exact) mass is 377 g/mol. The second kappa shape index (κ2) is 9.08. The summed E-state index contributed by atoms with van der Waals surface area (Å²) in [6, 6.07) is 18.2. The van der Waals surface area contributed by atoms with E-state index < -0.39 is 0 Å². The van der Waals surface area contributed by atoms with Gasteiger partial charge in [-0.25, -0.2) is 4.98 Å². The molecule has 2 aromatic carbocycles. The van der Waals surface area contributed by atoms with Crippen molar-refractivity contribution in [2.75, 3.05) is 43.3 Å². The maximum Gasteiger partial charge on any atom is 0.229 e. The SMILES string of the molecule is COc1ccccc1CCNc1cc(C)nc(Nc2ccc(N(C)C)cc2)n1. The fourth-order valence-corrected chi connectivity index (χ4v) is 2.92. The number of hydrogen-bond acceptors (Lipinski definition) is 6. The molecule has 6 nitrogen and oxygen atoms in total. The molecule has 0 atom stereocenters. The van der Waals surface area contributed by atoms with Gasteiger partial charge in [0, 0.05) is 43.8 Å². The molecule has 0 radical (unpaired) electrons. The Bertz CT molecular complexity index is 909. The molecule has 1 heterocycles. The quantitative estimate of drug-likeness (QED) is 0.612. The lowest BCUT2D eigenvalue weighted by molar-refractivity contribution is 0.410. The molecule has 0 aliphatic rings. The molecule has 0 saturated heterocycles. The van der Waals surface area contributed by atoms with Gasteiger partial charge in [-0.15, -0.1) is 0 Å². The summed E-state index contributed by atoms with van der Waals surface area (Å²) < 4.78 is 5.41. The predicted molar refractivity (Wildman–Crippen MR) is 116 cm³/mol. The predicted octanol–water partition coefficient (Wildman–Crippen LogP) is 4.26. The maximum absolute atomic E-state index is 5.41. The number of nitrogens with zero attached hydrogens (tertiary/aromatic N) is 3. The number of nitrogens with one attached hydrogen (secondary N) is 2. The van der Waals surface area contributed by atoms with Crippen LogP contribution in [-0.4, -0.2) is 37.7 Å². The highest BCUT2D eigenvalue weighted by Gasteiger charge is 2.05. The van der Waals surface area contributed by atoms with Gasteiger partial charge in [-0.1, -0.05) is 18.2 Å². The molecule has 2 N–H and O–H groups in total. The minimum Gasteiger partial charge on any atom is -0.496 e. The zero-order chi connectivity index (χ0) is 19.9. The van der Waals surface area contributed by atoms with E-state index in [-0.39, 0.29) is 0 Å². The number of anilines is 4. The number of methoxy groups -OCH3 is 1. The second-order valence-corrected chi connectivity index (χ2v) is 6.77. The first kappa shape index (κ1) is 19.5. The van der Waals surface area contributed by atoms with Crippen LogP contribution in [0.1, 0.15) is 11.3 Å². The number of rotatable bonds is 8. The van der Waals surface area contributed by atoms with Crippen LogP contribution in [0.25, 0.3) is 0 Å². The van der Waals surface area contributed by atoms with E-state index in [1.807, 2.05) is 57.4 Å². The van der Waals surface area contributed by atoms with Crippen molar-refractivity contribution in [3.05, 3.63) is 65.9 Å². The molecule has 3 rings (SSSR count). The highest BCUT2D eigenvalue weighted by Crippen LogP contribution is 2.20. The van der Waals surface area contributed by atoms with Gasteiger partial charge >= 0.3 is 0 Å². The van der Waals surface area contributed by atoms with E-state index in [2.05, 4.69) is 43.7 Å². The normalized spacial score (nSPS) is 10.4. The zero-order valence-corrected chi connectivity index (χ0v) is 16.9. The van der Waals surface area contributed by atoms with Crippen molar-refractivity contribution in [2.45, 2.75) is 13.3 Å². The highest BCUT2D eigenvalue weighted by molar-refractivity contribution is 5.59. The Morgan fingerprint density at radius 3 is 2.46 bits per heavy atom. The first-order valence-electron chi connectivity index (χ1n) is 9.31. The standard InChI is InChI=1S/C22H27N5O/c1-16-15-21(23-14-13-17-7-5-6-8-20(17)28-4)26-22(24-16)25-18-9-11-19(12-10-18)27(2)3/h5-12,15H,13-14H2,1-4H3,(H2,23,24,25,26). The van der Waals surface area contributed by atoms with Crippen molar-refractivity contribution in [1.82, 2.24) is 9.97 Å². The summed E-state index contributed by atoms with van der Waals surface area (Å²) in [5.74, 6) is 2.29. The van der Waals surface area contributed by atoms with Crippen LogP contribution in [0.4, 0.5) is 23.1 Å². The Labute approximate surface area is 166 Å². The van der Waals surface area contributed by atoms with E-state index in [0.717, 1.165) is 41.6 Å². The summed E-state index contributed by atoms with van der Waals surface area (Å²) in [7, 11) is 5.74. The Morgan fingerprint density at radius 1 is 1.00 bits per heavy atom. The van der Waals surface area contributed by atoms with E-state index in [1.165, 1.54) is 5.56 Å². The van der Waals surface area contributed by atoms with Crippen molar-refractivity contribution in [3.63, 3.8) is 0 Å². The number of para-hydroxylation sites is 1. The lowest BCUT2D eigenvalue weighted by Gasteiger charge is -2.14. The second-order valence-electron chi connectivity index (χ2n) is 6.77. The van der Waals surface area contributed by atoms with Gasteiger partial charge in [0.2, 0.25) is 5.95 Å². The molecule has 0 aliphatic carbocycles. The summed E-state index contributed by atoms with van der Waals surface area (Å²) in [4.78, 5) is 11.1. The Hall–Kier alpha value is -3.28. The molecule has 28 heavy (non-hydrogen) atoms. The zero-order valence-electron chi connectivity index (χ0n) is 16.9. The number of hydrogen-bond donors (Lipinski definition) is 2. The average Bonchev–Trinajstić information content (AvgIpc) is 2.68. The molecule has 3 aromatic rings. The highest BCUT2D eigenvalue weighted by atomic mass is 16.5. The molecule has 0 fully saturated rings. The minimum atomic E-state index is 0.581. The third-order valence-corrected chi connectivity index (χ3v) is 4.39. The number of aromatic nitrogens is 2. The van der Waals surface area contributed by atoms with Crippen LogP contribution >= 0.6 is 0 Å². The Kier molecular flexibility index (Phi) is 6.32. The maximum atomic E-state index is 5.41. The van der Waals surface area contributed by atoms with Gasteiger partial charge in [-0.2, -0.15) is 4.98 Å². The topological polar surface area (TPSA) is 62.3 Å². The summed E-state index contributed by atoms with van der Waals surface area (Å²) >= 11 is 0. The first-order valence-corrected chi connectivity index (χ1v) is 9.31. The molecule has 146 valence electrons. The van der Waals surface area contributed by atoms with Crippen LogP contribution in [0.5, 0.6) is 5.75 Å². The van der Waals surface area contributed by atoms with Crippen LogP contribution in [-0.2, 0) is 6.42 Å². The third-order valence-electron chi connectivity index (χ3n) is 4.39. The molecule has 0 unspecified atom stereocenters. The van der Waals surface area contributed by atoms with Crippen LogP contribution in [0.3, 0.4) is 0 Å². The smallest absolute Gasteiger partial charge is 0.229 e. The van der Waals surface area contributed by atoms with Gasteiger partial charge in [-0.05, 0) is 49.2 Å². The van der Waals surface area contributed by atoms with Gasteiger partial charge in [0.1, 0.15) is 11.6 Å². The molecule has 1 aromatic heterocycles. The van der Waals surface area contributed by atoms with Crippen LogP contribution < -0.4 is 20.3 Å². The van der Waals surface area contributed by atoms with E-state index in [4.69, 9.17) is 4.74 Å². The van der Waals surface area contributed by atoms with Gasteiger partial charge in [0.25, 0.3) is 0 Å². The summed E-state index contributed by atoms with van der Waals surface area (Å²) in [6.45, 7) is 2.72. The van der Waals surface area contributed by atoms with E-state index >= 15 is 0 Å². The lowest BCUT2D eigenvalue weighted by atomic mass is 10.1. The van der Waals surface area contributed by atoms with Crippen LogP contribution in [0.15, 0.2) is 54.6 Å². The first-order chi connectivity index (χ1) is 13.5. The van der Waals surface area contributed by atoms with Crippen molar-refractivity contribution >= 4 is 23.1 Å². The van der Waals surface area contributed by atoms with Gasteiger partial charge in [-0.3, -0.25) is 0 Å². The van der Waals surface area contributed by atoms with Gasteiger partial charge < -0.3 is 20.3 Å². The van der Waals surface area contributed by atoms with Crippen LogP contribution in [0, 0.1) is 6.92 Å². The summed E-state index contributed by atoms with van der Waals surface area (Å²) in [6.07, 6.45) is 0.849. The van der Waals surface area contributed by atoms with Gasteiger partial charge in [0.15, 0.2) is 0 Å². The molecular formula is C22H27N5O. The number of benzene rings is 2. The van der Waals surface area contributed by atoms with Crippen molar-refractivity contribution in [1.29, 1.82) is 0 Å². The molecule has 0 aliphatic heterocycles. The Morgan fingerprint density at radius 2 is 1.75 bits per heavy atom. The summed E-state index contributed by atoms with van der Waals surface area (Å²) in [5.41, 5.74) is 4.18. The molecule has 0 saturated carbocycles. The van der Waals surface area contributed by atoms with E-state index in [0.29, 0.717) is 5.95 Å². The third kappa shape index (κ3) is 5.13. The molecular weight excluding hydrogens is 350 g/mol. The van der Waals surface area contributed by atoms with Crippen molar-refractivity contribution < 1.29 is 4.74 Å². The minimum absolute atomic E-state index is 0.581.